The van der Waals surface area contributed by atoms with Gasteiger partial charge in [-0.3, -0.25) is 0 Å². The zero-order valence-electron chi connectivity index (χ0n) is 12.5. The molecule has 0 aliphatic carbocycles. The van der Waals surface area contributed by atoms with Crippen LogP contribution in [0.2, 0.25) is 0 Å². The van der Waals surface area contributed by atoms with Gasteiger partial charge in [0.05, 0.1) is 17.2 Å². The second-order valence-electron chi connectivity index (χ2n) is 4.92. The summed E-state index contributed by atoms with van der Waals surface area (Å²) in [6.07, 6.45) is 0. The van der Waals surface area contributed by atoms with Crippen molar-refractivity contribution >= 4 is 5.97 Å². The number of aromatic nitrogens is 1. The normalized spacial score (nSPS) is 10.2. The molecule has 0 bridgehead atoms. The first-order valence-electron chi connectivity index (χ1n) is 6.89. The van der Waals surface area contributed by atoms with Crippen molar-refractivity contribution in [2.45, 2.75) is 33.9 Å². The van der Waals surface area contributed by atoms with Gasteiger partial charge in [-0.1, -0.05) is 12.1 Å². The summed E-state index contributed by atoms with van der Waals surface area (Å²) in [5, 5.41) is 8.85. The lowest BCUT2D eigenvalue weighted by Gasteiger charge is -2.07. The number of benzene rings is 1. The van der Waals surface area contributed by atoms with Crippen molar-refractivity contribution in [3.05, 3.63) is 58.4 Å². The SMILES string of the molecule is CCn1c(C)cc(C(=O)OCc2cccc(C#N)c2)c1C. The molecule has 0 fully saturated rings. The van der Waals surface area contributed by atoms with Gasteiger partial charge in [-0.2, -0.15) is 5.26 Å². The number of hydrogen-bond acceptors (Lipinski definition) is 3. The largest absolute Gasteiger partial charge is 0.457 e. The first kappa shape index (κ1) is 14.9. The Morgan fingerprint density at radius 1 is 1.33 bits per heavy atom. The molecule has 0 saturated heterocycles. The second kappa shape index (κ2) is 6.27. The summed E-state index contributed by atoms with van der Waals surface area (Å²) >= 11 is 0. The van der Waals surface area contributed by atoms with E-state index in [0.29, 0.717) is 11.1 Å². The van der Waals surface area contributed by atoms with Gasteiger partial charge in [-0.25, -0.2) is 4.79 Å². The van der Waals surface area contributed by atoms with E-state index >= 15 is 0 Å². The summed E-state index contributed by atoms with van der Waals surface area (Å²) in [5.74, 6) is -0.329. The molecular formula is C17H18N2O2. The summed E-state index contributed by atoms with van der Waals surface area (Å²) in [5.41, 5.74) is 3.95. The molecule has 0 spiro atoms. The van der Waals surface area contributed by atoms with Gasteiger partial charge in [0.2, 0.25) is 0 Å². The summed E-state index contributed by atoms with van der Waals surface area (Å²) in [7, 11) is 0. The minimum Gasteiger partial charge on any atom is -0.457 e. The Bertz CT molecular complexity index is 708. The minimum absolute atomic E-state index is 0.171. The summed E-state index contributed by atoms with van der Waals surface area (Å²) < 4.78 is 7.42. The maximum absolute atomic E-state index is 12.2. The molecule has 0 atom stereocenters. The molecule has 4 nitrogen and oxygen atoms in total. The van der Waals surface area contributed by atoms with Gasteiger partial charge in [-0.05, 0) is 44.5 Å². The van der Waals surface area contributed by atoms with Gasteiger partial charge < -0.3 is 9.30 Å². The molecule has 2 rings (SSSR count). The van der Waals surface area contributed by atoms with E-state index in [-0.39, 0.29) is 12.6 Å². The van der Waals surface area contributed by atoms with E-state index in [1.807, 2.05) is 32.9 Å². The van der Waals surface area contributed by atoms with Crippen LogP contribution in [0, 0.1) is 25.2 Å². The van der Waals surface area contributed by atoms with E-state index in [1.54, 1.807) is 18.2 Å². The molecule has 0 saturated carbocycles. The van der Waals surface area contributed by atoms with Crippen molar-refractivity contribution < 1.29 is 9.53 Å². The summed E-state index contributed by atoms with van der Waals surface area (Å²) in [6, 6.07) is 11.0. The highest BCUT2D eigenvalue weighted by atomic mass is 16.5. The predicted octanol–water partition coefficient (Wildman–Crippen LogP) is 3.35. The Balaban J connectivity index is 2.10. The number of ether oxygens (including phenoxy) is 1. The fraction of sp³-hybridized carbons (Fsp3) is 0.294. The lowest BCUT2D eigenvalue weighted by molar-refractivity contribution is 0.0471. The van der Waals surface area contributed by atoms with E-state index in [9.17, 15) is 4.79 Å². The topological polar surface area (TPSA) is 55.0 Å². The Hall–Kier alpha value is -2.54. The highest BCUT2D eigenvalue weighted by Gasteiger charge is 2.16. The molecule has 0 unspecified atom stereocenters. The second-order valence-corrected chi connectivity index (χ2v) is 4.92. The quantitative estimate of drug-likeness (QED) is 0.808. The Labute approximate surface area is 124 Å². The van der Waals surface area contributed by atoms with Crippen LogP contribution in [0.4, 0.5) is 0 Å². The third-order valence-corrected chi connectivity index (χ3v) is 3.54. The van der Waals surface area contributed by atoms with Crippen molar-refractivity contribution in [1.82, 2.24) is 4.57 Å². The van der Waals surface area contributed by atoms with Crippen molar-refractivity contribution in [2.24, 2.45) is 0 Å². The number of hydrogen-bond donors (Lipinski definition) is 0. The van der Waals surface area contributed by atoms with Crippen LogP contribution in [0.15, 0.2) is 30.3 Å². The van der Waals surface area contributed by atoms with E-state index in [0.717, 1.165) is 23.5 Å². The number of nitrogens with zero attached hydrogens (tertiary/aromatic N) is 2. The smallest absolute Gasteiger partial charge is 0.340 e. The minimum atomic E-state index is -0.329. The third-order valence-electron chi connectivity index (χ3n) is 3.54. The standard InChI is InChI=1S/C17H18N2O2/c1-4-19-12(2)8-16(13(19)3)17(20)21-11-15-7-5-6-14(9-15)10-18/h5-9H,4,11H2,1-3H3. The number of esters is 1. The Morgan fingerprint density at radius 2 is 2.10 bits per heavy atom. The number of nitriles is 1. The molecule has 108 valence electrons. The molecule has 0 N–H and O–H groups in total. The monoisotopic (exact) mass is 282 g/mol. The summed E-state index contributed by atoms with van der Waals surface area (Å²) in [4.78, 5) is 12.2. The van der Waals surface area contributed by atoms with E-state index in [2.05, 4.69) is 10.6 Å². The molecule has 0 aliphatic heterocycles. The van der Waals surface area contributed by atoms with Gasteiger partial charge >= 0.3 is 5.97 Å². The number of aryl methyl sites for hydroxylation is 1. The number of carbonyl (C=O) groups excluding carboxylic acids is 1. The maximum atomic E-state index is 12.2. The van der Waals surface area contributed by atoms with E-state index < -0.39 is 0 Å². The van der Waals surface area contributed by atoms with Gasteiger partial charge in [0.15, 0.2) is 0 Å². The van der Waals surface area contributed by atoms with Crippen LogP contribution in [0.25, 0.3) is 0 Å². The number of rotatable bonds is 4. The first-order chi connectivity index (χ1) is 10.1. The molecule has 2 aromatic rings. The highest BCUT2D eigenvalue weighted by Crippen LogP contribution is 2.17. The van der Waals surface area contributed by atoms with Crippen LogP contribution >= 0.6 is 0 Å². The van der Waals surface area contributed by atoms with Gasteiger partial charge in [0.25, 0.3) is 0 Å². The van der Waals surface area contributed by atoms with Crippen LogP contribution < -0.4 is 0 Å². The highest BCUT2D eigenvalue weighted by molar-refractivity contribution is 5.91. The maximum Gasteiger partial charge on any atom is 0.340 e. The zero-order valence-corrected chi connectivity index (χ0v) is 12.5. The Kier molecular flexibility index (Phi) is 4.44. The lowest BCUT2D eigenvalue weighted by atomic mass is 10.1. The average Bonchev–Trinajstić information content (AvgIpc) is 2.79. The van der Waals surface area contributed by atoms with Crippen LogP contribution in [-0.2, 0) is 17.9 Å². The lowest BCUT2D eigenvalue weighted by Crippen LogP contribution is -2.07. The molecule has 1 aromatic carbocycles. The zero-order chi connectivity index (χ0) is 15.4. The molecule has 1 aromatic heterocycles. The molecular weight excluding hydrogens is 264 g/mol. The predicted molar refractivity (Wildman–Crippen MR) is 79.9 cm³/mol. The van der Waals surface area contributed by atoms with Gasteiger partial charge in [0, 0.05) is 17.9 Å². The Morgan fingerprint density at radius 3 is 2.71 bits per heavy atom. The van der Waals surface area contributed by atoms with Crippen LogP contribution in [0.5, 0.6) is 0 Å². The average molecular weight is 282 g/mol. The van der Waals surface area contributed by atoms with Gasteiger partial charge in [0.1, 0.15) is 6.61 Å². The van der Waals surface area contributed by atoms with Crippen molar-refractivity contribution in [3.63, 3.8) is 0 Å². The van der Waals surface area contributed by atoms with Gasteiger partial charge in [-0.15, -0.1) is 0 Å². The van der Waals surface area contributed by atoms with Crippen molar-refractivity contribution in [3.8, 4) is 6.07 Å². The van der Waals surface area contributed by atoms with E-state index in [1.165, 1.54) is 0 Å². The third kappa shape index (κ3) is 3.14. The molecule has 21 heavy (non-hydrogen) atoms. The molecule has 0 amide bonds. The first-order valence-corrected chi connectivity index (χ1v) is 6.89. The molecule has 1 heterocycles. The van der Waals surface area contributed by atoms with Crippen LogP contribution in [-0.4, -0.2) is 10.5 Å². The van der Waals surface area contributed by atoms with Crippen LogP contribution in [0.3, 0.4) is 0 Å². The molecule has 0 radical (unpaired) electrons. The number of carbonyl (C=O) groups is 1. The van der Waals surface area contributed by atoms with Crippen LogP contribution in [0.1, 0.15) is 39.8 Å². The fourth-order valence-electron chi connectivity index (χ4n) is 2.45. The van der Waals surface area contributed by atoms with Crippen molar-refractivity contribution in [2.75, 3.05) is 0 Å². The fourth-order valence-corrected chi connectivity index (χ4v) is 2.45. The molecule has 4 heteroatoms. The summed E-state index contributed by atoms with van der Waals surface area (Å²) in [6.45, 7) is 6.94. The van der Waals surface area contributed by atoms with E-state index in [4.69, 9.17) is 10.00 Å². The molecule has 0 aliphatic rings. The van der Waals surface area contributed by atoms with Crippen molar-refractivity contribution in [1.29, 1.82) is 5.26 Å².